The molecule has 0 bridgehead atoms. The standard InChI is InChI=1S/C21H14I2O/c1-24-16-6-2-13(3-7-16)10-19-20-11-14(22)4-8-17(20)18-9-5-15(23)12-21(18)19/h2-12H,1H3. The Morgan fingerprint density at radius 2 is 1.25 bits per heavy atom. The zero-order valence-corrected chi connectivity index (χ0v) is 17.3. The van der Waals surface area contributed by atoms with Crippen LogP contribution >= 0.6 is 45.2 Å². The summed E-state index contributed by atoms with van der Waals surface area (Å²) in [5, 5.41) is 0. The predicted molar refractivity (Wildman–Crippen MR) is 117 cm³/mol. The van der Waals surface area contributed by atoms with E-state index < -0.39 is 0 Å². The van der Waals surface area contributed by atoms with Gasteiger partial charge < -0.3 is 4.74 Å². The topological polar surface area (TPSA) is 9.23 Å². The van der Waals surface area contributed by atoms with Gasteiger partial charge in [-0.1, -0.05) is 24.3 Å². The number of ether oxygens (including phenoxy) is 1. The summed E-state index contributed by atoms with van der Waals surface area (Å²) in [7, 11) is 1.70. The molecule has 0 amide bonds. The van der Waals surface area contributed by atoms with E-state index in [0.717, 1.165) is 5.75 Å². The predicted octanol–water partition coefficient (Wildman–Crippen LogP) is 6.47. The molecule has 24 heavy (non-hydrogen) atoms. The van der Waals surface area contributed by atoms with Crippen LogP contribution in [0.15, 0.2) is 60.7 Å². The highest BCUT2D eigenvalue weighted by molar-refractivity contribution is 14.1. The smallest absolute Gasteiger partial charge is 0.118 e. The summed E-state index contributed by atoms with van der Waals surface area (Å²) in [5.41, 5.74) is 7.75. The molecule has 0 atom stereocenters. The molecule has 3 aromatic rings. The second-order valence-corrected chi connectivity index (χ2v) is 8.20. The number of rotatable bonds is 2. The van der Waals surface area contributed by atoms with Gasteiger partial charge in [0.25, 0.3) is 0 Å². The highest BCUT2D eigenvalue weighted by Gasteiger charge is 2.23. The van der Waals surface area contributed by atoms with Crippen molar-refractivity contribution in [3.8, 4) is 16.9 Å². The third-order valence-corrected chi connectivity index (χ3v) is 5.60. The first kappa shape index (κ1) is 16.1. The van der Waals surface area contributed by atoms with E-state index in [9.17, 15) is 0 Å². The fourth-order valence-electron chi connectivity index (χ4n) is 3.12. The lowest BCUT2D eigenvalue weighted by atomic mass is 10.0. The molecule has 3 aromatic carbocycles. The molecule has 3 heteroatoms. The fourth-order valence-corrected chi connectivity index (χ4v) is 4.10. The lowest BCUT2D eigenvalue weighted by Gasteiger charge is -2.05. The van der Waals surface area contributed by atoms with Crippen LogP contribution in [-0.4, -0.2) is 7.11 Å². The highest BCUT2D eigenvalue weighted by atomic mass is 127. The maximum absolute atomic E-state index is 5.26. The lowest BCUT2D eigenvalue weighted by Crippen LogP contribution is -1.85. The van der Waals surface area contributed by atoms with Gasteiger partial charge in [-0.2, -0.15) is 0 Å². The second kappa shape index (κ2) is 6.52. The van der Waals surface area contributed by atoms with Crippen LogP contribution in [0.3, 0.4) is 0 Å². The summed E-state index contributed by atoms with van der Waals surface area (Å²) in [5.74, 6) is 0.883. The van der Waals surface area contributed by atoms with Crippen LogP contribution in [0, 0.1) is 7.14 Å². The van der Waals surface area contributed by atoms with E-state index in [1.165, 1.54) is 40.5 Å². The molecule has 0 aliphatic heterocycles. The maximum atomic E-state index is 5.26. The molecule has 0 N–H and O–H groups in total. The Hall–Kier alpha value is -1.34. The van der Waals surface area contributed by atoms with Crippen LogP contribution in [-0.2, 0) is 0 Å². The first-order chi connectivity index (χ1) is 11.7. The average molecular weight is 536 g/mol. The summed E-state index contributed by atoms with van der Waals surface area (Å²) in [6.07, 6.45) is 2.27. The third kappa shape index (κ3) is 2.88. The lowest BCUT2D eigenvalue weighted by molar-refractivity contribution is 0.415. The van der Waals surface area contributed by atoms with Gasteiger partial charge >= 0.3 is 0 Å². The van der Waals surface area contributed by atoms with Gasteiger partial charge in [-0.3, -0.25) is 0 Å². The molecule has 0 saturated heterocycles. The summed E-state index contributed by atoms with van der Waals surface area (Å²) in [6, 6.07) is 21.6. The first-order valence-electron chi connectivity index (χ1n) is 7.62. The van der Waals surface area contributed by atoms with Crippen LogP contribution in [0.4, 0.5) is 0 Å². The van der Waals surface area contributed by atoms with Crippen molar-refractivity contribution in [3.05, 3.63) is 84.5 Å². The van der Waals surface area contributed by atoms with Crippen LogP contribution in [0.1, 0.15) is 16.7 Å². The van der Waals surface area contributed by atoms with Crippen molar-refractivity contribution >= 4 is 56.8 Å². The van der Waals surface area contributed by atoms with Crippen molar-refractivity contribution in [3.63, 3.8) is 0 Å². The van der Waals surface area contributed by atoms with E-state index >= 15 is 0 Å². The SMILES string of the molecule is COc1ccc(C=C2c3cc(I)ccc3-c3ccc(I)cc32)cc1. The highest BCUT2D eigenvalue weighted by Crippen LogP contribution is 2.46. The van der Waals surface area contributed by atoms with E-state index in [2.05, 4.69) is 99.8 Å². The number of halogens is 2. The van der Waals surface area contributed by atoms with Gasteiger partial charge in [0.15, 0.2) is 0 Å². The van der Waals surface area contributed by atoms with E-state index in [-0.39, 0.29) is 0 Å². The zero-order chi connectivity index (χ0) is 16.7. The molecule has 118 valence electrons. The molecular weight excluding hydrogens is 522 g/mol. The van der Waals surface area contributed by atoms with Crippen LogP contribution < -0.4 is 4.74 Å². The Bertz CT molecular complexity index is 903. The van der Waals surface area contributed by atoms with Gasteiger partial charge in [0.2, 0.25) is 0 Å². The van der Waals surface area contributed by atoms with Crippen molar-refractivity contribution in [1.82, 2.24) is 0 Å². The minimum atomic E-state index is 0.883. The van der Waals surface area contributed by atoms with Crippen LogP contribution in [0.25, 0.3) is 22.8 Å². The average Bonchev–Trinajstić information content (AvgIpc) is 2.88. The normalized spacial score (nSPS) is 11.9. The molecule has 0 unspecified atom stereocenters. The maximum Gasteiger partial charge on any atom is 0.118 e. The van der Waals surface area contributed by atoms with Gasteiger partial charge in [0.05, 0.1) is 7.11 Å². The Morgan fingerprint density at radius 3 is 1.75 bits per heavy atom. The molecule has 0 aromatic heterocycles. The van der Waals surface area contributed by atoms with Crippen molar-refractivity contribution < 1.29 is 4.74 Å². The molecule has 1 nitrogen and oxygen atoms in total. The number of hydrogen-bond donors (Lipinski definition) is 0. The summed E-state index contributed by atoms with van der Waals surface area (Å²) >= 11 is 4.77. The Kier molecular flexibility index (Phi) is 4.39. The van der Waals surface area contributed by atoms with E-state index in [0.29, 0.717) is 0 Å². The van der Waals surface area contributed by atoms with Crippen molar-refractivity contribution in [1.29, 1.82) is 0 Å². The quantitative estimate of drug-likeness (QED) is 0.267. The monoisotopic (exact) mass is 536 g/mol. The summed E-state index contributed by atoms with van der Waals surface area (Å²) in [6.45, 7) is 0. The number of hydrogen-bond acceptors (Lipinski definition) is 1. The molecule has 0 saturated carbocycles. The number of methoxy groups -OCH3 is 1. The summed E-state index contributed by atoms with van der Waals surface area (Å²) < 4.78 is 7.78. The number of benzene rings is 3. The molecule has 0 heterocycles. The molecule has 1 aliphatic rings. The van der Waals surface area contributed by atoms with Crippen molar-refractivity contribution in [2.45, 2.75) is 0 Å². The minimum absolute atomic E-state index is 0.883. The van der Waals surface area contributed by atoms with Gasteiger partial charge in [0, 0.05) is 7.14 Å². The van der Waals surface area contributed by atoms with E-state index in [4.69, 9.17) is 4.74 Å². The molecule has 0 fully saturated rings. The molecule has 4 rings (SSSR count). The van der Waals surface area contributed by atoms with Crippen molar-refractivity contribution in [2.24, 2.45) is 0 Å². The molecule has 1 aliphatic carbocycles. The largest absolute Gasteiger partial charge is 0.497 e. The Balaban J connectivity index is 1.92. The third-order valence-electron chi connectivity index (χ3n) is 4.26. The van der Waals surface area contributed by atoms with Gasteiger partial charge in [-0.25, -0.2) is 0 Å². The van der Waals surface area contributed by atoms with Gasteiger partial charge in [0.1, 0.15) is 5.75 Å². The fraction of sp³-hybridized carbons (Fsp3) is 0.0476. The molecular formula is C21H14I2O. The molecule has 0 spiro atoms. The van der Waals surface area contributed by atoms with E-state index in [1.807, 2.05) is 12.1 Å². The Morgan fingerprint density at radius 1 is 0.708 bits per heavy atom. The Labute approximate surface area is 169 Å². The minimum Gasteiger partial charge on any atom is -0.497 e. The number of fused-ring (bicyclic) bond motifs is 3. The van der Waals surface area contributed by atoms with Crippen molar-refractivity contribution in [2.75, 3.05) is 7.11 Å². The van der Waals surface area contributed by atoms with Gasteiger partial charge in [-0.15, -0.1) is 0 Å². The van der Waals surface area contributed by atoms with Gasteiger partial charge in [-0.05, 0) is 121 Å². The van der Waals surface area contributed by atoms with Crippen LogP contribution in [0.2, 0.25) is 0 Å². The molecule has 0 radical (unpaired) electrons. The zero-order valence-electron chi connectivity index (χ0n) is 13.0. The van der Waals surface area contributed by atoms with E-state index in [1.54, 1.807) is 7.11 Å². The second-order valence-electron chi connectivity index (χ2n) is 5.71. The summed E-state index contributed by atoms with van der Waals surface area (Å²) in [4.78, 5) is 0. The van der Waals surface area contributed by atoms with Crippen LogP contribution in [0.5, 0.6) is 5.75 Å². The first-order valence-corrected chi connectivity index (χ1v) is 9.77.